The molecule has 0 fully saturated rings. The minimum absolute atomic E-state index is 0.0623. The Balaban J connectivity index is 1.80. The lowest BCUT2D eigenvalue weighted by molar-refractivity contribution is -0.113. The number of carbonyl (C=O) groups is 1. The first-order chi connectivity index (χ1) is 11.4. The molecule has 0 spiro atoms. The Hall–Kier alpha value is -2.08. The molecule has 0 bridgehead atoms. The first-order valence-electron chi connectivity index (χ1n) is 7.42. The fraction of sp³-hybridized carbons (Fsp3) is 0.278. The highest BCUT2D eigenvalue weighted by atomic mass is 32.2. The van der Waals surface area contributed by atoms with Crippen molar-refractivity contribution in [2.75, 3.05) is 11.1 Å². The zero-order valence-electron chi connectivity index (χ0n) is 13.5. The minimum atomic E-state index is -2.85. The van der Waals surface area contributed by atoms with E-state index >= 15 is 0 Å². The number of nitrogens with one attached hydrogen (secondary N) is 1. The molecule has 0 heterocycles. The van der Waals surface area contributed by atoms with Crippen molar-refractivity contribution in [2.24, 2.45) is 0 Å². The van der Waals surface area contributed by atoms with E-state index in [-0.39, 0.29) is 11.7 Å². The maximum atomic E-state index is 12.1. The maximum absolute atomic E-state index is 12.1. The van der Waals surface area contributed by atoms with Gasteiger partial charge in [-0.25, -0.2) is 0 Å². The van der Waals surface area contributed by atoms with Gasteiger partial charge in [0.15, 0.2) is 0 Å². The van der Waals surface area contributed by atoms with Crippen molar-refractivity contribution >= 4 is 23.4 Å². The van der Waals surface area contributed by atoms with E-state index in [0.717, 1.165) is 5.75 Å². The summed E-state index contributed by atoms with van der Waals surface area (Å²) in [7, 11) is 0. The number of benzene rings is 2. The van der Waals surface area contributed by atoms with E-state index in [2.05, 4.69) is 35.2 Å². The summed E-state index contributed by atoms with van der Waals surface area (Å²) in [4.78, 5) is 11.9. The Kier molecular flexibility index (Phi) is 6.61. The summed E-state index contributed by atoms with van der Waals surface area (Å²) in [5, 5.41) is 2.73. The van der Waals surface area contributed by atoms with Crippen molar-refractivity contribution in [3.8, 4) is 5.75 Å². The molecule has 0 unspecified atom stereocenters. The monoisotopic (exact) mass is 351 g/mol. The summed E-state index contributed by atoms with van der Waals surface area (Å²) >= 11 is 1.53. The fourth-order valence-corrected chi connectivity index (χ4v) is 3.02. The van der Waals surface area contributed by atoms with E-state index in [1.54, 1.807) is 0 Å². The third kappa shape index (κ3) is 5.85. The number of anilines is 1. The van der Waals surface area contributed by atoms with Crippen LogP contribution >= 0.6 is 11.8 Å². The Bertz CT molecular complexity index is 690. The van der Waals surface area contributed by atoms with E-state index in [0.29, 0.717) is 11.4 Å². The van der Waals surface area contributed by atoms with Gasteiger partial charge in [-0.1, -0.05) is 23.8 Å². The highest BCUT2D eigenvalue weighted by Gasteiger charge is 2.07. The molecule has 1 amide bonds. The second-order valence-electron chi connectivity index (χ2n) is 5.37. The molecule has 0 atom stereocenters. The third-order valence-electron chi connectivity index (χ3n) is 3.36. The standard InChI is InChI=1S/C18H19F2NO2S/c1-12-3-4-13(2)14(9-12)10-24-11-17(22)21-15-5-7-16(8-6-15)23-18(19)20/h3-9,18H,10-11H2,1-2H3,(H,21,22). The predicted octanol–water partition coefficient (Wildman–Crippen LogP) is 4.78. The van der Waals surface area contributed by atoms with Gasteiger partial charge in [-0.2, -0.15) is 8.78 Å². The summed E-state index contributed by atoms with van der Waals surface area (Å²) < 4.78 is 28.4. The second kappa shape index (κ2) is 8.68. The Morgan fingerprint density at radius 3 is 2.54 bits per heavy atom. The number of amides is 1. The van der Waals surface area contributed by atoms with Crippen molar-refractivity contribution in [1.82, 2.24) is 0 Å². The maximum Gasteiger partial charge on any atom is 0.387 e. The number of halogens is 2. The molecule has 2 aromatic rings. The molecule has 1 N–H and O–H groups in total. The van der Waals surface area contributed by atoms with Crippen molar-refractivity contribution < 1.29 is 18.3 Å². The highest BCUT2D eigenvalue weighted by molar-refractivity contribution is 7.99. The van der Waals surface area contributed by atoms with Crippen LogP contribution in [0.25, 0.3) is 0 Å². The van der Waals surface area contributed by atoms with Crippen LogP contribution in [-0.2, 0) is 10.5 Å². The van der Waals surface area contributed by atoms with Crippen LogP contribution in [0.1, 0.15) is 16.7 Å². The smallest absolute Gasteiger partial charge is 0.387 e. The largest absolute Gasteiger partial charge is 0.435 e. The van der Waals surface area contributed by atoms with E-state index in [4.69, 9.17) is 0 Å². The molecule has 2 rings (SSSR count). The van der Waals surface area contributed by atoms with Crippen molar-refractivity contribution in [1.29, 1.82) is 0 Å². The van der Waals surface area contributed by atoms with E-state index < -0.39 is 6.61 Å². The van der Waals surface area contributed by atoms with Crippen LogP contribution in [0.3, 0.4) is 0 Å². The SMILES string of the molecule is Cc1ccc(C)c(CSCC(=O)Nc2ccc(OC(F)F)cc2)c1. The van der Waals surface area contributed by atoms with Gasteiger partial charge in [-0.3, -0.25) is 4.79 Å². The van der Waals surface area contributed by atoms with Crippen LogP contribution in [0.4, 0.5) is 14.5 Å². The topological polar surface area (TPSA) is 38.3 Å². The molecule has 128 valence electrons. The van der Waals surface area contributed by atoms with Gasteiger partial charge in [-0.15, -0.1) is 11.8 Å². The average Bonchev–Trinajstić information content (AvgIpc) is 2.52. The second-order valence-corrected chi connectivity index (χ2v) is 6.36. The Morgan fingerprint density at radius 2 is 1.88 bits per heavy atom. The molecular weight excluding hydrogens is 332 g/mol. The van der Waals surface area contributed by atoms with Crippen LogP contribution in [0.5, 0.6) is 5.75 Å². The highest BCUT2D eigenvalue weighted by Crippen LogP contribution is 2.20. The first kappa shape index (κ1) is 18.3. The van der Waals surface area contributed by atoms with Crippen molar-refractivity contribution in [2.45, 2.75) is 26.2 Å². The summed E-state index contributed by atoms with van der Waals surface area (Å²) in [6.45, 7) is 1.24. The van der Waals surface area contributed by atoms with Gasteiger partial charge in [0.2, 0.25) is 5.91 Å². The minimum Gasteiger partial charge on any atom is -0.435 e. The lowest BCUT2D eigenvalue weighted by Gasteiger charge is -2.09. The van der Waals surface area contributed by atoms with Crippen LogP contribution in [0.2, 0.25) is 0 Å². The number of hydrogen-bond donors (Lipinski definition) is 1. The lowest BCUT2D eigenvalue weighted by Crippen LogP contribution is -2.14. The molecule has 24 heavy (non-hydrogen) atoms. The van der Waals surface area contributed by atoms with Crippen molar-refractivity contribution in [3.05, 3.63) is 59.2 Å². The van der Waals surface area contributed by atoms with Gasteiger partial charge >= 0.3 is 6.61 Å². The van der Waals surface area contributed by atoms with Gasteiger partial charge in [-0.05, 0) is 49.2 Å². The Labute approximate surface area is 144 Å². The fourth-order valence-electron chi connectivity index (χ4n) is 2.13. The van der Waals surface area contributed by atoms with Gasteiger partial charge < -0.3 is 10.1 Å². The summed E-state index contributed by atoms with van der Waals surface area (Å²) in [6.07, 6.45) is 0. The van der Waals surface area contributed by atoms with E-state index in [9.17, 15) is 13.6 Å². The number of hydrogen-bond acceptors (Lipinski definition) is 3. The zero-order valence-corrected chi connectivity index (χ0v) is 14.3. The lowest BCUT2D eigenvalue weighted by atomic mass is 10.1. The molecule has 6 heteroatoms. The summed E-state index contributed by atoms with van der Waals surface area (Å²) in [6, 6.07) is 12.1. The molecule has 3 nitrogen and oxygen atoms in total. The van der Waals surface area contributed by atoms with Crippen LogP contribution in [-0.4, -0.2) is 18.3 Å². The molecule has 0 aliphatic carbocycles. The quantitative estimate of drug-likeness (QED) is 0.780. The van der Waals surface area contributed by atoms with Crippen molar-refractivity contribution in [3.63, 3.8) is 0 Å². The van der Waals surface area contributed by atoms with Gasteiger partial charge in [0.1, 0.15) is 5.75 Å². The number of carbonyl (C=O) groups excluding carboxylic acids is 1. The zero-order chi connectivity index (χ0) is 17.5. The molecule has 0 aliphatic rings. The van der Waals surface area contributed by atoms with Crippen LogP contribution in [0.15, 0.2) is 42.5 Å². The van der Waals surface area contributed by atoms with E-state index in [1.807, 2.05) is 6.92 Å². The molecular formula is C18H19F2NO2S. The van der Waals surface area contributed by atoms with Gasteiger partial charge in [0.05, 0.1) is 5.75 Å². The Morgan fingerprint density at radius 1 is 1.17 bits per heavy atom. The summed E-state index contributed by atoms with van der Waals surface area (Å²) in [5.74, 6) is 1.02. The molecule has 0 radical (unpaired) electrons. The number of thioether (sulfide) groups is 1. The average molecular weight is 351 g/mol. The van der Waals surface area contributed by atoms with Gasteiger partial charge in [0, 0.05) is 11.4 Å². The first-order valence-corrected chi connectivity index (χ1v) is 8.58. The predicted molar refractivity (Wildman–Crippen MR) is 93.8 cm³/mol. The molecule has 0 saturated carbocycles. The molecule has 0 aromatic heterocycles. The third-order valence-corrected chi connectivity index (χ3v) is 4.34. The normalized spacial score (nSPS) is 10.7. The van der Waals surface area contributed by atoms with E-state index in [1.165, 1.54) is 52.7 Å². The number of aryl methyl sites for hydroxylation is 2. The number of ether oxygens (including phenoxy) is 1. The summed E-state index contributed by atoms with van der Waals surface area (Å²) in [5.41, 5.74) is 4.19. The molecule has 0 aliphatic heterocycles. The number of rotatable bonds is 7. The van der Waals surface area contributed by atoms with Crippen LogP contribution in [0, 0.1) is 13.8 Å². The molecule has 2 aromatic carbocycles. The van der Waals surface area contributed by atoms with Gasteiger partial charge in [0.25, 0.3) is 0 Å². The molecule has 0 saturated heterocycles. The number of alkyl halides is 2. The van der Waals surface area contributed by atoms with Crippen LogP contribution < -0.4 is 10.1 Å².